The van der Waals surface area contributed by atoms with Crippen LogP contribution in [0.4, 0.5) is 0 Å². The van der Waals surface area contributed by atoms with Crippen LogP contribution in [0.25, 0.3) is 0 Å². The van der Waals surface area contributed by atoms with Crippen LogP contribution in [0.15, 0.2) is 6.20 Å². The van der Waals surface area contributed by atoms with Crippen molar-refractivity contribution in [1.82, 2.24) is 9.78 Å². The van der Waals surface area contributed by atoms with Crippen molar-refractivity contribution in [3.8, 4) is 0 Å². The molecule has 1 atom stereocenters. The minimum atomic E-state index is -0.833. The smallest absolute Gasteiger partial charge is 0.300 e. The van der Waals surface area contributed by atoms with Gasteiger partial charge in [0.1, 0.15) is 0 Å². The normalized spacial score (nSPS) is 18.3. The van der Waals surface area contributed by atoms with E-state index in [-0.39, 0.29) is 0 Å². The lowest BCUT2D eigenvalue weighted by Gasteiger charge is -2.18. The summed E-state index contributed by atoms with van der Waals surface area (Å²) in [5.41, 5.74) is 2.97. The first-order chi connectivity index (χ1) is 7.56. The van der Waals surface area contributed by atoms with E-state index in [2.05, 4.69) is 29.8 Å². The third-order valence-corrected chi connectivity index (χ3v) is 2.86. The van der Waals surface area contributed by atoms with Gasteiger partial charge in [-0.15, -0.1) is 0 Å². The van der Waals surface area contributed by atoms with Crippen molar-refractivity contribution in [2.75, 3.05) is 0 Å². The van der Waals surface area contributed by atoms with Crippen LogP contribution in [-0.2, 0) is 17.8 Å². The van der Waals surface area contributed by atoms with Crippen LogP contribution in [0.1, 0.15) is 50.8 Å². The average molecular weight is 224 g/mol. The second-order valence-corrected chi connectivity index (χ2v) is 4.17. The van der Waals surface area contributed by atoms with Crippen molar-refractivity contribution in [3.05, 3.63) is 17.5 Å². The molecule has 1 N–H and O–H groups in total. The third kappa shape index (κ3) is 3.08. The molecule has 0 saturated carbocycles. The van der Waals surface area contributed by atoms with Gasteiger partial charge >= 0.3 is 0 Å². The quantitative estimate of drug-likeness (QED) is 0.797. The number of rotatable bonds is 1. The number of carboxylic acid groups (broad SMARTS) is 1. The molecular weight excluding hydrogens is 204 g/mol. The largest absolute Gasteiger partial charge is 0.481 e. The summed E-state index contributed by atoms with van der Waals surface area (Å²) in [5.74, 6) is -0.103. The van der Waals surface area contributed by atoms with Crippen molar-refractivity contribution < 1.29 is 9.90 Å². The number of hydrogen-bond acceptors (Lipinski definition) is 2. The highest BCUT2D eigenvalue weighted by Gasteiger charge is 2.19. The van der Waals surface area contributed by atoms with Crippen LogP contribution < -0.4 is 0 Å². The van der Waals surface area contributed by atoms with E-state index in [1.54, 1.807) is 0 Å². The molecule has 0 aromatic carbocycles. The molecule has 1 aliphatic carbocycles. The van der Waals surface area contributed by atoms with Gasteiger partial charge in [-0.25, -0.2) is 0 Å². The van der Waals surface area contributed by atoms with Gasteiger partial charge < -0.3 is 5.11 Å². The molecule has 0 aliphatic heterocycles. The topological polar surface area (TPSA) is 55.1 Å². The maximum absolute atomic E-state index is 9.00. The predicted molar refractivity (Wildman–Crippen MR) is 62.6 cm³/mol. The van der Waals surface area contributed by atoms with Crippen molar-refractivity contribution in [2.24, 2.45) is 0 Å². The third-order valence-electron chi connectivity index (χ3n) is 2.86. The molecular formula is C12H20N2O2. The second-order valence-electron chi connectivity index (χ2n) is 4.17. The van der Waals surface area contributed by atoms with Crippen molar-refractivity contribution >= 4 is 5.97 Å². The number of aryl methyl sites for hydroxylation is 1. The van der Waals surface area contributed by atoms with E-state index in [0.29, 0.717) is 0 Å². The first-order valence-electron chi connectivity index (χ1n) is 5.80. The van der Waals surface area contributed by atoms with Gasteiger partial charge in [-0.3, -0.25) is 9.48 Å². The number of carbonyl (C=O) groups is 1. The van der Waals surface area contributed by atoms with Gasteiger partial charge in [-0.05, 0) is 37.7 Å². The van der Waals surface area contributed by atoms with E-state index >= 15 is 0 Å². The maximum atomic E-state index is 9.00. The molecule has 16 heavy (non-hydrogen) atoms. The van der Waals surface area contributed by atoms with Gasteiger partial charge in [-0.2, -0.15) is 5.10 Å². The Kier molecular flexibility index (Phi) is 4.52. The fourth-order valence-corrected chi connectivity index (χ4v) is 2.11. The van der Waals surface area contributed by atoms with Gasteiger partial charge in [0.15, 0.2) is 0 Å². The number of nitrogens with zero attached hydrogens (tertiary/aromatic N) is 2. The summed E-state index contributed by atoms with van der Waals surface area (Å²) in [6.45, 7) is 6.56. The van der Waals surface area contributed by atoms with E-state index in [9.17, 15) is 0 Å². The molecule has 1 aliphatic rings. The molecule has 0 saturated heterocycles. The van der Waals surface area contributed by atoms with Gasteiger partial charge in [0.2, 0.25) is 0 Å². The highest BCUT2D eigenvalue weighted by Crippen LogP contribution is 2.30. The zero-order valence-electron chi connectivity index (χ0n) is 10.2. The standard InChI is InChI=1S/C10H16N2.C2H4O2/c1-3-12-10-6-4-5-8(2)9(10)7-11-12;1-2(3)4/h7-8H,3-6H2,1-2H3;1H3,(H,3,4). The monoisotopic (exact) mass is 224 g/mol. The minimum Gasteiger partial charge on any atom is -0.481 e. The van der Waals surface area contributed by atoms with Gasteiger partial charge in [0.05, 0.1) is 6.20 Å². The summed E-state index contributed by atoms with van der Waals surface area (Å²) in [5, 5.41) is 11.8. The fraction of sp³-hybridized carbons (Fsp3) is 0.667. The molecule has 4 heteroatoms. The van der Waals surface area contributed by atoms with E-state index in [1.807, 2.05) is 0 Å². The summed E-state index contributed by atoms with van der Waals surface area (Å²) in [7, 11) is 0. The van der Waals surface area contributed by atoms with Crippen molar-refractivity contribution in [1.29, 1.82) is 0 Å². The maximum Gasteiger partial charge on any atom is 0.300 e. The van der Waals surface area contributed by atoms with E-state index in [1.165, 1.54) is 30.5 Å². The van der Waals surface area contributed by atoms with Crippen LogP contribution in [0.5, 0.6) is 0 Å². The van der Waals surface area contributed by atoms with Crippen molar-refractivity contribution in [3.63, 3.8) is 0 Å². The van der Waals surface area contributed by atoms with Crippen LogP contribution in [0.2, 0.25) is 0 Å². The minimum absolute atomic E-state index is 0.731. The Balaban J connectivity index is 0.000000280. The number of aromatic nitrogens is 2. The van der Waals surface area contributed by atoms with Crippen molar-refractivity contribution in [2.45, 2.75) is 52.5 Å². The predicted octanol–water partition coefficient (Wildman–Crippen LogP) is 2.43. The summed E-state index contributed by atoms with van der Waals surface area (Å²) in [4.78, 5) is 9.00. The molecule has 0 amide bonds. The lowest BCUT2D eigenvalue weighted by Crippen LogP contribution is -2.10. The Bertz CT molecular complexity index is 354. The Morgan fingerprint density at radius 2 is 2.31 bits per heavy atom. The molecule has 2 rings (SSSR count). The van der Waals surface area contributed by atoms with E-state index < -0.39 is 5.97 Å². The van der Waals surface area contributed by atoms with E-state index in [4.69, 9.17) is 9.90 Å². The van der Waals surface area contributed by atoms with Crippen LogP contribution in [0, 0.1) is 0 Å². The zero-order valence-corrected chi connectivity index (χ0v) is 10.2. The Hall–Kier alpha value is -1.32. The molecule has 1 aromatic heterocycles. The fourth-order valence-electron chi connectivity index (χ4n) is 2.11. The summed E-state index contributed by atoms with van der Waals surface area (Å²) in [6, 6.07) is 0. The summed E-state index contributed by atoms with van der Waals surface area (Å²) >= 11 is 0. The Morgan fingerprint density at radius 3 is 2.88 bits per heavy atom. The molecule has 0 bridgehead atoms. The van der Waals surface area contributed by atoms with Gasteiger partial charge in [0, 0.05) is 19.2 Å². The molecule has 1 aromatic rings. The Morgan fingerprint density at radius 1 is 1.69 bits per heavy atom. The summed E-state index contributed by atoms with van der Waals surface area (Å²) < 4.78 is 2.14. The van der Waals surface area contributed by atoms with Crippen LogP contribution in [-0.4, -0.2) is 20.9 Å². The average Bonchev–Trinajstić information content (AvgIpc) is 2.61. The SMILES string of the molecule is CC(=O)O.CCn1ncc2c1CCCC2C. The highest BCUT2D eigenvalue weighted by atomic mass is 16.4. The first-order valence-corrected chi connectivity index (χ1v) is 5.80. The number of aliphatic carboxylic acids is 1. The van der Waals surface area contributed by atoms with Crippen LogP contribution >= 0.6 is 0 Å². The number of fused-ring (bicyclic) bond motifs is 1. The number of hydrogen-bond donors (Lipinski definition) is 1. The first kappa shape index (κ1) is 12.7. The molecule has 1 unspecified atom stereocenters. The van der Waals surface area contributed by atoms with Gasteiger partial charge in [0.25, 0.3) is 5.97 Å². The lowest BCUT2D eigenvalue weighted by atomic mass is 9.89. The molecule has 90 valence electrons. The molecule has 0 fully saturated rings. The zero-order chi connectivity index (χ0) is 12.1. The Labute approximate surface area is 96.3 Å². The van der Waals surface area contributed by atoms with E-state index in [0.717, 1.165) is 19.4 Å². The lowest BCUT2D eigenvalue weighted by molar-refractivity contribution is -0.134. The number of carboxylic acids is 1. The molecule has 0 spiro atoms. The molecule has 1 heterocycles. The summed E-state index contributed by atoms with van der Waals surface area (Å²) in [6.07, 6.45) is 5.96. The van der Waals surface area contributed by atoms with Gasteiger partial charge in [-0.1, -0.05) is 6.92 Å². The molecule has 4 nitrogen and oxygen atoms in total. The van der Waals surface area contributed by atoms with Crippen LogP contribution in [0.3, 0.4) is 0 Å². The second kappa shape index (κ2) is 5.68. The molecule has 0 radical (unpaired) electrons. The highest BCUT2D eigenvalue weighted by molar-refractivity contribution is 5.62.